The first kappa shape index (κ1) is 20.0. The second-order valence-corrected chi connectivity index (χ2v) is 3.62. The SMILES string of the molecule is Nc1nc2c(ncn2COC(CO)CO)c(=O)[nH]1.[Na].[Na]. The summed E-state index contributed by atoms with van der Waals surface area (Å²) in [6.45, 7) is -0.614. The molecule has 100 valence electrons. The van der Waals surface area contributed by atoms with Gasteiger partial charge in [0.05, 0.1) is 19.5 Å². The van der Waals surface area contributed by atoms with Crippen molar-refractivity contribution in [2.75, 3.05) is 18.9 Å². The van der Waals surface area contributed by atoms with Gasteiger partial charge >= 0.3 is 0 Å². The zero-order chi connectivity index (χ0) is 13.1. The van der Waals surface area contributed by atoms with Crippen molar-refractivity contribution >= 4 is 76.2 Å². The van der Waals surface area contributed by atoms with Crippen molar-refractivity contribution in [2.45, 2.75) is 12.8 Å². The second kappa shape index (κ2) is 9.13. The normalized spacial score (nSPS) is 10.3. The van der Waals surface area contributed by atoms with Gasteiger partial charge in [0.15, 0.2) is 11.2 Å². The number of fused-ring (bicyclic) bond motifs is 1. The summed E-state index contributed by atoms with van der Waals surface area (Å²) in [5, 5.41) is 17.7. The van der Waals surface area contributed by atoms with E-state index in [4.69, 9.17) is 20.7 Å². The second-order valence-electron chi connectivity index (χ2n) is 3.62. The van der Waals surface area contributed by atoms with Gasteiger partial charge in [-0.2, -0.15) is 4.98 Å². The Labute approximate surface area is 158 Å². The number of aliphatic hydroxyl groups excluding tert-OH is 2. The van der Waals surface area contributed by atoms with Gasteiger partial charge in [-0.15, -0.1) is 0 Å². The Kier molecular flexibility index (Phi) is 9.14. The number of rotatable bonds is 5. The number of nitrogens with zero attached hydrogens (tertiary/aromatic N) is 3. The van der Waals surface area contributed by atoms with Crippen LogP contribution in [0.2, 0.25) is 0 Å². The van der Waals surface area contributed by atoms with Crippen LogP contribution >= 0.6 is 0 Å². The minimum Gasteiger partial charge on any atom is -0.394 e. The Bertz CT molecular complexity index is 598. The number of nitrogen functional groups attached to an aromatic ring is 1. The van der Waals surface area contributed by atoms with Gasteiger partial charge in [0.25, 0.3) is 5.56 Å². The van der Waals surface area contributed by atoms with E-state index in [0.29, 0.717) is 0 Å². The molecule has 0 saturated carbocycles. The number of ether oxygens (including phenoxy) is 1. The summed E-state index contributed by atoms with van der Waals surface area (Å²) in [5.74, 6) is -0.0184. The smallest absolute Gasteiger partial charge is 0.280 e. The molecule has 2 heterocycles. The van der Waals surface area contributed by atoms with Crippen molar-refractivity contribution in [2.24, 2.45) is 0 Å². The van der Waals surface area contributed by atoms with Crippen LogP contribution in [0.1, 0.15) is 0 Å². The van der Waals surface area contributed by atoms with Crippen LogP contribution in [-0.2, 0) is 11.5 Å². The molecule has 0 aliphatic rings. The van der Waals surface area contributed by atoms with Crippen molar-refractivity contribution in [1.82, 2.24) is 19.5 Å². The third-order valence-electron chi connectivity index (χ3n) is 2.35. The summed E-state index contributed by atoms with van der Waals surface area (Å²) in [6, 6.07) is 0. The molecule has 0 fully saturated rings. The van der Waals surface area contributed by atoms with Crippen molar-refractivity contribution in [3.05, 3.63) is 16.7 Å². The van der Waals surface area contributed by atoms with Gasteiger partial charge in [0.1, 0.15) is 12.8 Å². The van der Waals surface area contributed by atoms with Crippen LogP contribution in [-0.4, -0.2) is 108 Å². The van der Waals surface area contributed by atoms with E-state index in [1.807, 2.05) is 0 Å². The number of imidazole rings is 1. The van der Waals surface area contributed by atoms with Crippen LogP contribution in [0.4, 0.5) is 5.95 Å². The van der Waals surface area contributed by atoms with Gasteiger partial charge in [0.2, 0.25) is 5.95 Å². The molecule has 2 rings (SSSR count). The molecule has 0 aliphatic carbocycles. The molecular weight excluding hydrogens is 288 g/mol. The zero-order valence-corrected chi connectivity index (χ0v) is 15.4. The fraction of sp³-hybridized carbons (Fsp3) is 0.444. The van der Waals surface area contributed by atoms with Gasteiger partial charge in [0, 0.05) is 59.1 Å². The molecule has 9 nitrogen and oxygen atoms in total. The average Bonchev–Trinajstić information content (AvgIpc) is 2.74. The van der Waals surface area contributed by atoms with E-state index >= 15 is 0 Å². The summed E-state index contributed by atoms with van der Waals surface area (Å²) in [5.41, 5.74) is 5.43. The maximum absolute atomic E-state index is 11.5. The summed E-state index contributed by atoms with van der Waals surface area (Å²) in [4.78, 5) is 21.6. The van der Waals surface area contributed by atoms with Crippen LogP contribution < -0.4 is 11.3 Å². The molecule has 0 amide bonds. The van der Waals surface area contributed by atoms with E-state index < -0.39 is 11.7 Å². The molecule has 2 aromatic heterocycles. The molecule has 0 aliphatic heterocycles. The van der Waals surface area contributed by atoms with Gasteiger partial charge < -0.3 is 20.7 Å². The zero-order valence-electron chi connectivity index (χ0n) is 11.4. The minimum atomic E-state index is -0.693. The van der Waals surface area contributed by atoms with E-state index in [-0.39, 0.29) is 96.2 Å². The van der Waals surface area contributed by atoms with Crippen LogP contribution in [0.25, 0.3) is 11.2 Å². The monoisotopic (exact) mass is 301 g/mol. The van der Waals surface area contributed by atoms with E-state index in [2.05, 4.69) is 15.0 Å². The Morgan fingerprint density at radius 1 is 1.40 bits per heavy atom. The van der Waals surface area contributed by atoms with Crippen molar-refractivity contribution in [3.8, 4) is 0 Å². The van der Waals surface area contributed by atoms with E-state index in [1.165, 1.54) is 10.9 Å². The Morgan fingerprint density at radius 3 is 2.65 bits per heavy atom. The van der Waals surface area contributed by atoms with Crippen molar-refractivity contribution in [3.63, 3.8) is 0 Å². The fourth-order valence-corrected chi connectivity index (χ4v) is 1.41. The van der Waals surface area contributed by atoms with Crippen LogP contribution in [0.3, 0.4) is 0 Å². The fourth-order valence-electron chi connectivity index (χ4n) is 1.41. The number of nitrogens with one attached hydrogen (secondary N) is 1. The van der Waals surface area contributed by atoms with Crippen LogP contribution in [0, 0.1) is 0 Å². The third-order valence-corrected chi connectivity index (χ3v) is 2.35. The molecule has 20 heavy (non-hydrogen) atoms. The first-order chi connectivity index (χ1) is 8.65. The summed E-state index contributed by atoms with van der Waals surface area (Å²) >= 11 is 0. The third kappa shape index (κ3) is 4.52. The maximum atomic E-state index is 11.5. The van der Waals surface area contributed by atoms with Gasteiger partial charge in [-0.1, -0.05) is 0 Å². The Morgan fingerprint density at radius 2 is 2.05 bits per heavy atom. The number of H-pyrrole nitrogens is 1. The Balaban J connectivity index is 0.00000180. The molecule has 2 aromatic rings. The first-order valence-electron chi connectivity index (χ1n) is 5.19. The molecule has 0 spiro atoms. The molecule has 5 N–H and O–H groups in total. The minimum absolute atomic E-state index is 0. The van der Waals surface area contributed by atoms with Crippen LogP contribution in [0.5, 0.6) is 0 Å². The number of aromatic nitrogens is 4. The molecule has 0 saturated heterocycles. The average molecular weight is 301 g/mol. The predicted octanol–water partition coefficient (Wildman–Crippen LogP) is -2.73. The number of hydrogen-bond acceptors (Lipinski definition) is 7. The Hall–Kier alpha value is 0.0300. The van der Waals surface area contributed by atoms with E-state index in [1.54, 1.807) is 0 Å². The molecule has 11 heteroatoms. The first-order valence-corrected chi connectivity index (χ1v) is 5.19. The number of hydrogen-bond donors (Lipinski definition) is 4. The van der Waals surface area contributed by atoms with Crippen LogP contribution in [0.15, 0.2) is 11.1 Å². The summed E-state index contributed by atoms with van der Waals surface area (Å²) < 4.78 is 6.66. The van der Waals surface area contributed by atoms with Gasteiger partial charge in [-0.3, -0.25) is 14.3 Å². The van der Waals surface area contributed by atoms with Gasteiger partial charge in [-0.25, -0.2) is 4.98 Å². The van der Waals surface area contributed by atoms with E-state index in [9.17, 15) is 4.79 Å². The maximum Gasteiger partial charge on any atom is 0.280 e. The molecule has 0 unspecified atom stereocenters. The number of aliphatic hydroxyl groups is 2. The topological polar surface area (TPSA) is 139 Å². The summed E-state index contributed by atoms with van der Waals surface area (Å²) in [6.07, 6.45) is 0.680. The molecule has 0 atom stereocenters. The quantitative estimate of drug-likeness (QED) is 0.439. The number of nitrogens with two attached hydrogens (primary N) is 1. The number of anilines is 1. The van der Waals surface area contributed by atoms with E-state index in [0.717, 1.165) is 0 Å². The van der Waals surface area contributed by atoms with Crippen molar-refractivity contribution < 1.29 is 14.9 Å². The standard InChI is InChI=1S/C9H13N5O4.2Na/c10-9-12-7-6(8(17)13-9)11-3-14(7)4-18-5(1-15)2-16;;/h3,5,15-16H,1-2,4H2,(H3,10,12,13,17);;. The summed E-state index contributed by atoms with van der Waals surface area (Å²) in [7, 11) is 0. The predicted molar refractivity (Wildman–Crippen MR) is 73.1 cm³/mol. The largest absolute Gasteiger partial charge is 0.394 e. The number of aromatic amines is 1. The molecular formula is C9H13N5Na2O4. The van der Waals surface area contributed by atoms with Gasteiger partial charge in [-0.05, 0) is 0 Å². The molecule has 0 aromatic carbocycles. The molecule has 2 radical (unpaired) electrons. The molecule has 0 bridgehead atoms. The van der Waals surface area contributed by atoms with Crippen molar-refractivity contribution in [1.29, 1.82) is 0 Å².